The van der Waals surface area contributed by atoms with Crippen molar-refractivity contribution in [3.05, 3.63) is 78.6 Å². The normalized spacial score (nSPS) is 27.1. The zero-order valence-electron chi connectivity index (χ0n) is 18.6. The van der Waals surface area contributed by atoms with E-state index < -0.39 is 17.6 Å². The smallest absolute Gasteiger partial charge is 0.258 e. The number of ether oxygens (including phenoxy) is 2. The van der Waals surface area contributed by atoms with E-state index >= 15 is 0 Å². The maximum Gasteiger partial charge on any atom is 0.258 e. The Hall–Kier alpha value is -3.45. The van der Waals surface area contributed by atoms with Gasteiger partial charge in [-0.15, -0.1) is 0 Å². The molecule has 0 aromatic heterocycles. The van der Waals surface area contributed by atoms with Crippen molar-refractivity contribution in [3.8, 4) is 5.75 Å². The van der Waals surface area contributed by atoms with Gasteiger partial charge >= 0.3 is 0 Å². The van der Waals surface area contributed by atoms with Gasteiger partial charge < -0.3 is 24.5 Å². The van der Waals surface area contributed by atoms with Crippen LogP contribution in [0, 0.1) is 11.8 Å². The number of fused-ring (bicyclic) bond motifs is 2. The van der Waals surface area contributed by atoms with E-state index in [1.165, 1.54) is 0 Å². The molecule has 2 heterocycles. The van der Waals surface area contributed by atoms with E-state index in [0.717, 1.165) is 12.0 Å². The Morgan fingerprint density at radius 2 is 2.06 bits per heavy atom. The standard InChI is InChI=1S/C26H28N2O5/c1-19-24(25(31)28(15-16-29)20-9-5-2-3-6-10-20)22-13-14-26(19,33-22)18-27-23(30)17-32-21-11-7-4-8-12-21/h2-9,11-14,16,19,22,24H,10,15,17-18H2,1H3,(H,27,30). The summed E-state index contributed by atoms with van der Waals surface area (Å²) in [5.74, 6) is -0.401. The van der Waals surface area contributed by atoms with Crippen LogP contribution < -0.4 is 10.1 Å². The number of hydrogen-bond acceptors (Lipinski definition) is 5. The molecule has 33 heavy (non-hydrogen) atoms. The number of amides is 2. The summed E-state index contributed by atoms with van der Waals surface area (Å²) in [6.45, 7) is 2.09. The van der Waals surface area contributed by atoms with Gasteiger partial charge in [0.25, 0.3) is 5.91 Å². The summed E-state index contributed by atoms with van der Waals surface area (Å²) in [5.41, 5.74) is 0.00852. The zero-order valence-corrected chi connectivity index (χ0v) is 18.6. The number of carbonyl (C=O) groups is 3. The first-order valence-electron chi connectivity index (χ1n) is 11.1. The van der Waals surface area contributed by atoms with Crippen molar-refractivity contribution in [2.75, 3.05) is 19.7 Å². The topological polar surface area (TPSA) is 84.9 Å². The minimum atomic E-state index is -0.766. The minimum absolute atomic E-state index is 0.00738. The Kier molecular flexibility index (Phi) is 6.89. The predicted molar refractivity (Wildman–Crippen MR) is 123 cm³/mol. The molecule has 2 amide bonds. The third kappa shape index (κ3) is 4.83. The van der Waals surface area contributed by atoms with Crippen molar-refractivity contribution in [2.45, 2.75) is 25.0 Å². The Labute approximate surface area is 193 Å². The average Bonchev–Trinajstić information content (AvgIpc) is 3.24. The highest BCUT2D eigenvalue weighted by molar-refractivity contribution is 5.85. The van der Waals surface area contributed by atoms with Crippen molar-refractivity contribution < 1.29 is 23.9 Å². The van der Waals surface area contributed by atoms with E-state index in [4.69, 9.17) is 9.47 Å². The number of aldehydes is 1. The molecule has 0 spiro atoms. The number of allylic oxidation sites excluding steroid dienone is 5. The van der Waals surface area contributed by atoms with Crippen LogP contribution in [0.2, 0.25) is 0 Å². The molecule has 4 unspecified atom stereocenters. The maximum absolute atomic E-state index is 13.5. The van der Waals surface area contributed by atoms with Gasteiger partial charge in [0.2, 0.25) is 5.91 Å². The van der Waals surface area contributed by atoms with E-state index in [1.54, 1.807) is 17.0 Å². The molecule has 4 rings (SSSR count). The zero-order chi connectivity index (χ0) is 23.3. The molecule has 1 aromatic carbocycles. The molecule has 0 radical (unpaired) electrons. The van der Waals surface area contributed by atoms with E-state index in [1.807, 2.05) is 67.7 Å². The Morgan fingerprint density at radius 1 is 1.24 bits per heavy atom. The highest BCUT2D eigenvalue weighted by Gasteiger charge is 2.57. The van der Waals surface area contributed by atoms with Crippen LogP contribution >= 0.6 is 0 Å². The van der Waals surface area contributed by atoms with Gasteiger partial charge in [-0.1, -0.05) is 61.6 Å². The lowest BCUT2D eigenvalue weighted by molar-refractivity contribution is -0.137. The molecule has 1 aromatic rings. The maximum atomic E-state index is 13.5. The summed E-state index contributed by atoms with van der Waals surface area (Å²) in [4.78, 5) is 38.8. The molecule has 2 bridgehead atoms. The van der Waals surface area contributed by atoms with Crippen molar-refractivity contribution in [1.29, 1.82) is 0 Å². The van der Waals surface area contributed by atoms with Crippen LogP contribution in [-0.2, 0) is 19.1 Å². The van der Waals surface area contributed by atoms with E-state index in [9.17, 15) is 14.4 Å². The molecule has 2 aliphatic heterocycles. The third-order valence-corrected chi connectivity index (χ3v) is 6.39. The third-order valence-electron chi connectivity index (χ3n) is 6.39. The van der Waals surface area contributed by atoms with Crippen LogP contribution in [0.5, 0.6) is 5.75 Å². The van der Waals surface area contributed by atoms with Gasteiger partial charge in [0.1, 0.15) is 17.6 Å². The first kappa shape index (κ1) is 22.7. The molecule has 1 N–H and O–H groups in total. The first-order valence-corrected chi connectivity index (χ1v) is 11.1. The molecule has 1 saturated heterocycles. The van der Waals surface area contributed by atoms with Gasteiger partial charge in [0, 0.05) is 18.0 Å². The first-order chi connectivity index (χ1) is 16.0. The van der Waals surface area contributed by atoms with Crippen molar-refractivity contribution in [2.24, 2.45) is 11.8 Å². The van der Waals surface area contributed by atoms with Crippen LogP contribution in [0.15, 0.2) is 78.6 Å². The lowest BCUT2D eigenvalue weighted by atomic mass is 9.75. The predicted octanol–water partition coefficient (Wildman–Crippen LogP) is 2.57. The molecule has 0 saturated carbocycles. The van der Waals surface area contributed by atoms with Crippen molar-refractivity contribution in [1.82, 2.24) is 10.2 Å². The second-order valence-electron chi connectivity index (χ2n) is 8.38. The van der Waals surface area contributed by atoms with E-state index in [-0.39, 0.29) is 37.4 Å². The fourth-order valence-electron chi connectivity index (χ4n) is 4.57. The molecule has 7 heteroatoms. The van der Waals surface area contributed by atoms with Gasteiger partial charge in [0.15, 0.2) is 6.61 Å². The SMILES string of the molecule is CC1C(C(=O)N(CC=O)C2=CC=CC=CC2)C2C=CC1(CNC(=O)COc1ccccc1)O2. The van der Waals surface area contributed by atoms with Crippen LogP contribution in [0.4, 0.5) is 0 Å². The fourth-order valence-corrected chi connectivity index (χ4v) is 4.57. The van der Waals surface area contributed by atoms with Crippen LogP contribution in [-0.4, -0.2) is 54.4 Å². The number of rotatable bonds is 9. The number of para-hydroxylation sites is 1. The lowest BCUT2D eigenvalue weighted by Crippen LogP contribution is -2.48. The second kappa shape index (κ2) is 10.0. The summed E-state index contributed by atoms with van der Waals surface area (Å²) in [7, 11) is 0. The summed E-state index contributed by atoms with van der Waals surface area (Å²) >= 11 is 0. The summed E-state index contributed by atoms with van der Waals surface area (Å²) in [5, 5.41) is 2.88. The molecular weight excluding hydrogens is 420 g/mol. The molecule has 1 fully saturated rings. The number of carbonyl (C=O) groups excluding carboxylic acids is 3. The number of nitrogens with zero attached hydrogens (tertiary/aromatic N) is 1. The minimum Gasteiger partial charge on any atom is -0.484 e. The molecule has 1 aliphatic carbocycles. The molecule has 3 aliphatic rings. The molecule has 4 atom stereocenters. The average molecular weight is 449 g/mol. The Morgan fingerprint density at radius 3 is 2.85 bits per heavy atom. The van der Waals surface area contributed by atoms with Gasteiger partial charge in [-0.05, 0) is 18.2 Å². The van der Waals surface area contributed by atoms with Gasteiger partial charge in [-0.2, -0.15) is 0 Å². The quantitative estimate of drug-likeness (QED) is 0.464. The van der Waals surface area contributed by atoms with Crippen LogP contribution in [0.1, 0.15) is 13.3 Å². The summed E-state index contributed by atoms with van der Waals surface area (Å²) in [6.07, 6.45) is 14.2. The van der Waals surface area contributed by atoms with Gasteiger partial charge in [0.05, 0.1) is 25.1 Å². The summed E-state index contributed by atoms with van der Waals surface area (Å²) < 4.78 is 11.7. The largest absolute Gasteiger partial charge is 0.484 e. The highest BCUT2D eigenvalue weighted by Crippen LogP contribution is 2.47. The van der Waals surface area contributed by atoms with Crippen LogP contribution in [0.3, 0.4) is 0 Å². The Balaban J connectivity index is 1.40. The number of hydrogen-bond donors (Lipinski definition) is 1. The van der Waals surface area contributed by atoms with Crippen molar-refractivity contribution in [3.63, 3.8) is 0 Å². The van der Waals surface area contributed by atoms with Gasteiger partial charge in [-0.25, -0.2) is 0 Å². The molecule has 172 valence electrons. The van der Waals surface area contributed by atoms with E-state index in [0.29, 0.717) is 12.2 Å². The number of benzene rings is 1. The van der Waals surface area contributed by atoms with Crippen LogP contribution in [0.25, 0.3) is 0 Å². The molecule has 7 nitrogen and oxygen atoms in total. The molecular formula is C26H28N2O5. The summed E-state index contributed by atoms with van der Waals surface area (Å²) in [6, 6.07) is 9.13. The Bertz CT molecular complexity index is 1010. The number of nitrogens with one attached hydrogen (secondary N) is 1. The monoisotopic (exact) mass is 448 g/mol. The second-order valence-corrected chi connectivity index (χ2v) is 8.38. The lowest BCUT2D eigenvalue weighted by Gasteiger charge is -2.33. The highest BCUT2D eigenvalue weighted by atomic mass is 16.5. The van der Waals surface area contributed by atoms with Gasteiger partial charge in [-0.3, -0.25) is 9.59 Å². The fraction of sp³-hybridized carbons (Fsp3) is 0.346. The van der Waals surface area contributed by atoms with E-state index in [2.05, 4.69) is 5.32 Å². The van der Waals surface area contributed by atoms with Crippen molar-refractivity contribution >= 4 is 18.1 Å².